The zero-order valence-electron chi connectivity index (χ0n) is 15.2. The summed E-state index contributed by atoms with van der Waals surface area (Å²) in [6.07, 6.45) is 4.39. The van der Waals surface area contributed by atoms with E-state index in [9.17, 15) is 9.18 Å². The summed E-state index contributed by atoms with van der Waals surface area (Å²) in [6, 6.07) is 14.2. The van der Waals surface area contributed by atoms with Crippen LogP contribution >= 0.6 is 11.6 Å². The van der Waals surface area contributed by atoms with Crippen LogP contribution in [0.2, 0.25) is 5.02 Å². The standard InChI is InChI=1S/C21H20ClFN4O/c22-17-6-1-14(2-7-17)12-27-13-24-20(26-21(27)28)25-19-10-5-16(11-19)15-3-8-18(23)9-4-15/h1-4,6-9,13,16,19H,5,10-12H2,(H,25,26,28)/t16-,19-/m0/s1. The van der Waals surface area contributed by atoms with Gasteiger partial charge in [-0.1, -0.05) is 35.9 Å². The van der Waals surface area contributed by atoms with Crippen molar-refractivity contribution in [1.29, 1.82) is 0 Å². The molecule has 144 valence electrons. The van der Waals surface area contributed by atoms with E-state index >= 15 is 0 Å². The third-order valence-electron chi connectivity index (χ3n) is 5.14. The summed E-state index contributed by atoms with van der Waals surface area (Å²) in [7, 11) is 0. The van der Waals surface area contributed by atoms with Gasteiger partial charge in [0.05, 0.1) is 6.54 Å². The Hall–Kier alpha value is -2.73. The average Bonchev–Trinajstić information content (AvgIpc) is 3.15. The molecular formula is C21H20ClFN4O. The second-order valence-corrected chi connectivity index (χ2v) is 7.56. The SMILES string of the molecule is O=c1nc(N[C@H]2CC[C@H](c3ccc(F)cc3)C2)ncn1Cc1ccc(Cl)cc1. The lowest BCUT2D eigenvalue weighted by Gasteiger charge is -2.14. The van der Waals surface area contributed by atoms with Gasteiger partial charge in [-0.15, -0.1) is 0 Å². The van der Waals surface area contributed by atoms with Crippen molar-refractivity contribution in [3.63, 3.8) is 0 Å². The minimum Gasteiger partial charge on any atom is -0.351 e. The molecule has 0 spiro atoms. The van der Waals surface area contributed by atoms with E-state index in [1.54, 1.807) is 12.1 Å². The van der Waals surface area contributed by atoms with Crippen molar-refractivity contribution < 1.29 is 4.39 Å². The lowest BCUT2D eigenvalue weighted by Crippen LogP contribution is -2.27. The van der Waals surface area contributed by atoms with Gasteiger partial charge in [-0.3, -0.25) is 4.57 Å². The van der Waals surface area contributed by atoms with E-state index in [0.717, 1.165) is 30.4 Å². The lowest BCUT2D eigenvalue weighted by atomic mass is 9.97. The highest BCUT2D eigenvalue weighted by atomic mass is 35.5. The summed E-state index contributed by atoms with van der Waals surface area (Å²) in [6.45, 7) is 0.395. The van der Waals surface area contributed by atoms with Crippen LogP contribution in [0, 0.1) is 5.82 Å². The maximum absolute atomic E-state index is 13.1. The Morgan fingerprint density at radius 2 is 1.86 bits per heavy atom. The zero-order valence-corrected chi connectivity index (χ0v) is 15.9. The van der Waals surface area contributed by atoms with Gasteiger partial charge in [-0.2, -0.15) is 4.98 Å². The van der Waals surface area contributed by atoms with Gasteiger partial charge in [-0.25, -0.2) is 14.2 Å². The molecule has 1 N–H and O–H groups in total. The van der Waals surface area contributed by atoms with Gasteiger partial charge in [-0.05, 0) is 60.6 Å². The molecule has 5 nitrogen and oxygen atoms in total. The van der Waals surface area contributed by atoms with Crippen molar-refractivity contribution in [3.8, 4) is 0 Å². The Kier molecular flexibility index (Phi) is 5.39. The van der Waals surface area contributed by atoms with Gasteiger partial charge >= 0.3 is 5.69 Å². The number of benzene rings is 2. The molecule has 1 aromatic heterocycles. The van der Waals surface area contributed by atoms with Crippen LogP contribution < -0.4 is 11.0 Å². The second kappa shape index (κ2) is 8.10. The zero-order chi connectivity index (χ0) is 19.5. The number of aromatic nitrogens is 3. The van der Waals surface area contributed by atoms with Crippen molar-refractivity contribution in [2.75, 3.05) is 5.32 Å². The highest BCUT2D eigenvalue weighted by Crippen LogP contribution is 2.35. The van der Waals surface area contributed by atoms with E-state index in [1.807, 2.05) is 24.3 Å². The van der Waals surface area contributed by atoms with E-state index in [2.05, 4.69) is 15.3 Å². The number of rotatable bonds is 5. The third-order valence-corrected chi connectivity index (χ3v) is 5.39. The maximum atomic E-state index is 13.1. The third kappa shape index (κ3) is 4.39. The molecule has 1 aliphatic rings. The van der Waals surface area contributed by atoms with Crippen LogP contribution in [0.25, 0.3) is 0 Å². The summed E-state index contributed by atoms with van der Waals surface area (Å²) < 4.78 is 14.6. The highest BCUT2D eigenvalue weighted by molar-refractivity contribution is 6.30. The topological polar surface area (TPSA) is 59.8 Å². The summed E-state index contributed by atoms with van der Waals surface area (Å²) in [5.41, 5.74) is 1.75. The van der Waals surface area contributed by atoms with E-state index < -0.39 is 0 Å². The van der Waals surface area contributed by atoms with Crippen molar-refractivity contribution in [2.45, 2.75) is 37.8 Å². The summed E-state index contributed by atoms with van der Waals surface area (Å²) in [5, 5.41) is 3.92. The fourth-order valence-corrected chi connectivity index (χ4v) is 3.78. The molecular weight excluding hydrogens is 379 g/mol. The first-order valence-corrected chi connectivity index (χ1v) is 9.64. The number of hydrogen-bond acceptors (Lipinski definition) is 4. The fraction of sp³-hybridized carbons (Fsp3) is 0.286. The van der Waals surface area contributed by atoms with Crippen molar-refractivity contribution >= 4 is 17.5 Å². The molecule has 0 amide bonds. The molecule has 2 aromatic carbocycles. The molecule has 2 atom stereocenters. The van der Waals surface area contributed by atoms with Crippen LogP contribution in [-0.2, 0) is 6.54 Å². The first-order valence-electron chi connectivity index (χ1n) is 9.27. The van der Waals surface area contributed by atoms with Crippen molar-refractivity contribution in [1.82, 2.24) is 14.5 Å². The largest absolute Gasteiger partial charge is 0.352 e. The molecule has 1 heterocycles. The van der Waals surface area contributed by atoms with Crippen LogP contribution in [0.4, 0.5) is 10.3 Å². The normalized spacial score (nSPS) is 18.9. The average molecular weight is 399 g/mol. The van der Waals surface area contributed by atoms with E-state index in [0.29, 0.717) is 23.4 Å². The number of nitrogens with zero attached hydrogens (tertiary/aromatic N) is 3. The van der Waals surface area contributed by atoms with Gasteiger partial charge in [0, 0.05) is 11.1 Å². The van der Waals surface area contributed by atoms with Crippen molar-refractivity contribution in [3.05, 3.63) is 87.3 Å². The molecule has 0 saturated heterocycles. The molecule has 3 aromatic rings. The quantitative estimate of drug-likeness (QED) is 0.698. The van der Waals surface area contributed by atoms with Crippen LogP contribution in [-0.4, -0.2) is 20.6 Å². The van der Waals surface area contributed by atoms with Gasteiger partial charge in [0.15, 0.2) is 0 Å². The molecule has 1 aliphatic carbocycles. The Morgan fingerprint density at radius 3 is 2.57 bits per heavy atom. The molecule has 4 rings (SSSR count). The number of anilines is 1. The minimum absolute atomic E-state index is 0.196. The summed E-state index contributed by atoms with van der Waals surface area (Å²) in [4.78, 5) is 20.7. The first-order chi connectivity index (χ1) is 13.6. The number of halogens is 2. The Labute approximate surface area is 167 Å². The maximum Gasteiger partial charge on any atom is 0.352 e. The number of hydrogen-bond donors (Lipinski definition) is 1. The molecule has 0 unspecified atom stereocenters. The monoisotopic (exact) mass is 398 g/mol. The van der Waals surface area contributed by atoms with Gasteiger partial charge in [0.1, 0.15) is 12.1 Å². The first kappa shape index (κ1) is 18.6. The molecule has 0 aliphatic heterocycles. The molecule has 7 heteroatoms. The van der Waals surface area contributed by atoms with Crippen LogP contribution in [0.3, 0.4) is 0 Å². The van der Waals surface area contributed by atoms with E-state index in [4.69, 9.17) is 11.6 Å². The lowest BCUT2D eigenvalue weighted by molar-refractivity contribution is 0.624. The molecule has 1 saturated carbocycles. The second-order valence-electron chi connectivity index (χ2n) is 7.12. The van der Waals surface area contributed by atoms with Gasteiger partial charge in [0.25, 0.3) is 0 Å². The number of nitrogens with one attached hydrogen (secondary N) is 1. The molecule has 0 radical (unpaired) electrons. The predicted molar refractivity (Wildman–Crippen MR) is 107 cm³/mol. The smallest absolute Gasteiger partial charge is 0.351 e. The van der Waals surface area contributed by atoms with Gasteiger partial charge in [0.2, 0.25) is 5.95 Å². The van der Waals surface area contributed by atoms with E-state index in [-0.39, 0.29) is 17.5 Å². The van der Waals surface area contributed by atoms with Crippen LogP contribution in [0.1, 0.15) is 36.3 Å². The summed E-state index contributed by atoms with van der Waals surface area (Å²) in [5.74, 6) is 0.509. The van der Waals surface area contributed by atoms with Crippen LogP contribution in [0.15, 0.2) is 59.7 Å². The highest BCUT2D eigenvalue weighted by Gasteiger charge is 2.26. The van der Waals surface area contributed by atoms with E-state index in [1.165, 1.54) is 23.0 Å². The Balaban J connectivity index is 1.39. The van der Waals surface area contributed by atoms with Crippen LogP contribution in [0.5, 0.6) is 0 Å². The predicted octanol–water partition coefficient (Wildman–Crippen LogP) is 4.23. The summed E-state index contributed by atoms with van der Waals surface area (Å²) >= 11 is 5.89. The Bertz CT molecular complexity index is 1000. The fourth-order valence-electron chi connectivity index (χ4n) is 3.65. The minimum atomic E-state index is -0.347. The van der Waals surface area contributed by atoms with Crippen molar-refractivity contribution in [2.24, 2.45) is 0 Å². The molecule has 0 bridgehead atoms. The molecule has 28 heavy (non-hydrogen) atoms. The molecule has 1 fully saturated rings. The van der Waals surface area contributed by atoms with Gasteiger partial charge < -0.3 is 5.32 Å². The Morgan fingerprint density at radius 1 is 1.11 bits per heavy atom.